The lowest BCUT2D eigenvalue weighted by atomic mass is 10.2. The van der Waals surface area contributed by atoms with Crippen LogP contribution < -0.4 is 5.32 Å². The number of amides is 1. The predicted octanol–water partition coefficient (Wildman–Crippen LogP) is -0.550. The van der Waals surface area contributed by atoms with E-state index in [0.717, 1.165) is 18.2 Å². The average molecular weight is 200 g/mol. The van der Waals surface area contributed by atoms with Crippen molar-refractivity contribution >= 4 is 23.5 Å². The Morgan fingerprint density at radius 3 is 3.00 bits per heavy atom. The molecule has 2 aliphatic heterocycles. The van der Waals surface area contributed by atoms with Crippen molar-refractivity contribution in [3.05, 3.63) is 0 Å². The summed E-state index contributed by atoms with van der Waals surface area (Å²) in [6.07, 6.45) is 0.375. The van der Waals surface area contributed by atoms with Gasteiger partial charge in [-0.05, 0) is 0 Å². The monoisotopic (exact) mass is 200 g/mol. The van der Waals surface area contributed by atoms with Crippen molar-refractivity contribution in [2.24, 2.45) is 0 Å². The predicted molar refractivity (Wildman–Crippen MR) is 50.5 cm³/mol. The number of rotatable bonds is 1. The van der Waals surface area contributed by atoms with Gasteiger partial charge in [0.2, 0.25) is 5.91 Å². The summed E-state index contributed by atoms with van der Waals surface area (Å²) in [5, 5.41) is 2.93. The first-order valence-electron chi connectivity index (χ1n) is 4.39. The lowest BCUT2D eigenvalue weighted by Gasteiger charge is -2.18. The highest BCUT2D eigenvalue weighted by Crippen LogP contribution is 2.16. The largest absolute Gasteiger partial charge is 0.331 e. The summed E-state index contributed by atoms with van der Waals surface area (Å²) in [5.74, 6) is 2.04. The standard InChI is InChI=1S/C8H12N2O2S/c11-6-3-7(9-4-6)8(12)10-1-2-13-5-10/h7,9H,1-5H2/t7-/m1/s1. The van der Waals surface area contributed by atoms with E-state index >= 15 is 0 Å². The van der Waals surface area contributed by atoms with Crippen molar-refractivity contribution in [2.45, 2.75) is 12.5 Å². The van der Waals surface area contributed by atoms with E-state index in [9.17, 15) is 9.59 Å². The summed E-state index contributed by atoms with van der Waals surface area (Å²) < 4.78 is 0. The van der Waals surface area contributed by atoms with Crippen LogP contribution in [0.3, 0.4) is 0 Å². The zero-order valence-corrected chi connectivity index (χ0v) is 8.10. The van der Waals surface area contributed by atoms with Gasteiger partial charge in [0.15, 0.2) is 0 Å². The smallest absolute Gasteiger partial charge is 0.240 e. The molecular formula is C8H12N2O2S. The molecule has 1 N–H and O–H groups in total. The summed E-state index contributed by atoms with van der Waals surface area (Å²) in [4.78, 5) is 24.4. The molecule has 0 saturated carbocycles. The van der Waals surface area contributed by atoms with Crippen LogP contribution in [-0.2, 0) is 9.59 Å². The zero-order valence-electron chi connectivity index (χ0n) is 7.28. The molecule has 0 bridgehead atoms. The van der Waals surface area contributed by atoms with Crippen LogP contribution in [0.1, 0.15) is 6.42 Å². The van der Waals surface area contributed by atoms with Gasteiger partial charge in [0.1, 0.15) is 5.78 Å². The maximum absolute atomic E-state index is 11.7. The number of ketones is 1. The average Bonchev–Trinajstić information content (AvgIpc) is 2.72. The molecule has 2 fully saturated rings. The Labute approximate surface area is 81.0 Å². The van der Waals surface area contributed by atoms with Gasteiger partial charge < -0.3 is 4.90 Å². The topological polar surface area (TPSA) is 49.4 Å². The molecule has 1 atom stereocenters. The third-order valence-corrected chi connectivity index (χ3v) is 3.31. The maximum atomic E-state index is 11.7. The third-order valence-electron chi connectivity index (χ3n) is 2.34. The first kappa shape index (κ1) is 9.02. The minimum atomic E-state index is -0.244. The molecule has 4 nitrogen and oxygen atoms in total. The number of carbonyl (C=O) groups excluding carboxylic acids is 2. The van der Waals surface area contributed by atoms with Crippen LogP contribution in [-0.4, -0.2) is 47.4 Å². The summed E-state index contributed by atoms with van der Waals surface area (Å²) in [7, 11) is 0. The molecule has 0 aromatic heterocycles. The minimum absolute atomic E-state index is 0.0934. The first-order chi connectivity index (χ1) is 6.27. The molecule has 2 heterocycles. The van der Waals surface area contributed by atoms with Crippen LogP contribution in [0.25, 0.3) is 0 Å². The maximum Gasteiger partial charge on any atom is 0.240 e. The van der Waals surface area contributed by atoms with Crippen LogP contribution in [0.15, 0.2) is 0 Å². The summed E-state index contributed by atoms with van der Waals surface area (Å²) in [6, 6.07) is -0.244. The van der Waals surface area contributed by atoms with E-state index in [2.05, 4.69) is 5.32 Å². The number of hydrogen-bond acceptors (Lipinski definition) is 4. The number of carbonyl (C=O) groups is 2. The Morgan fingerprint density at radius 1 is 1.62 bits per heavy atom. The molecule has 0 aromatic carbocycles. The van der Waals surface area contributed by atoms with E-state index in [-0.39, 0.29) is 17.7 Å². The molecule has 0 aromatic rings. The van der Waals surface area contributed by atoms with E-state index in [1.807, 2.05) is 4.90 Å². The van der Waals surface area contributed by atoms with Gasteiger partial charge >= 0.3 is 0 Å². The molecule has 2 aliphatic rings. The molecule has 0 aliphatic carbocycles. The van der Waals surface area contributed by atoms with Crippen molar-refractivity contribution in [1.82, 2.24) is 10.2 Å². The third kappa shape index (κ3) is 1.86. The highest BCUT2D eigenvalue weighted by atomic mass is 32.2. The molecule has 0 unspecified atom stereocenters. The quantitative estimate of drug-likeness (QED) is 0.617. The van der Waals surface area contributed by atoms with Gasteiger partial charge in [0.25, 0.3) is 0 Å². The molecular weight excluding hydrogens is 188 g/mol. The van der Waals surface area contributed by atoms with E-state index in [1.54, 1.807) is 11.8 Å². The van der Waals surface area contributed by atoms with Gasteiger partial charge in [-0.25, -0.2) is 0 Å². The fourth-order valence-corrected chi connectivity index (χ4v) is 2.55. The number of nitrogens with zero attached hydrogens (tertiary/aromatic N) is 1. The zero-order chi connectivity index (χ0) is 9.26. The SMILES string of the molecule is O=C1CN[C@@H](C(=O)N2CCSC2)C1. The van der Waals surface area contributed by atoms with Crippen LogP contribution >= 0.6 is 11.8 Å². The van der Waals surface area contributed by atoms with E-state index in [0.29, 0.717) is 13.0 Å². The van der Waals surface area contributed by atoms with E-state index < -0.39 is 0 Å². The van der Waals surface area contributed by atoms with Crippen LogP contribution in [0.4, 0.5) is 0 Å². The van der Waals surface area contributed by atoms with Gasteiger partial charge in [-0.1, -0.05) is 0 Å². The van der Waals surface area contributed by atoms with E-state index in [4.69, 9.17) is 0 Å². The van der Waals surface area contributed by atoms with Crippen molar-refractivity contribution in [3.63, 3.8) is 0 Å². The van der Waals surface area contributed by atoms with Gasteiger partial charge in [0.05, 0.1) is 18.5 Å². The second kappa shape index (κ2) is 3.67. The summed E-state index contributed by atoms with van der Waals surface area (Å²) in [5.41, 5.74) is 0. The van der Waals surface area contributed by atoms with E-state index in [1.165, 1.54) is 0 Å². The Morgan fingerprint density at radius 2 is 2.46 bits per heavy atom. The fourth-order valence-electron chi connectivity index (χ4n) is 1.59. The van der Waals surface area contributed by atoms with Gasteiger partial charge in [0, 0.05) is 18.7 Å². The summed E-state index contributed by atoms with van der Waals surface area (Å²) in [6.45, 7) is 1.19. The number of thioether (sulfide) groups is 1. The molecule has 2 rings (SSSR count). The number of Topliss-reactive ketones (excluding diaryl/α,β-unsaturated/α-hetero) is 1. The number of nitrogens with one attached hydrogen (secondary N) is 1. The van der Waals surface area contributed by atoms with Gasteiger partial charge in [-0.15, -0.1) is 11.8 Å². The van der Waals surface area contributed by atoms with Crippen molar-refractivity contribution in [3.8, 4) is 0 Å². The Kier molecular flexibility index (Phi) is 2.55. The normalized spacial score (nSPS) is 28.5. The molecule has 5 heteroatoms. The molecule has 1 amide bonds. The molecule has 0 spiro atoms. The van der Waals surface area contributed by atoms with Crippen molar-refractivity contribution in [2.75, 3.05) is 24.7 Å². The minimum Gasteiger partial charge on any atom is -0.331 e. The Bertz CT molecular complexity index is 238. The van der Waals surface area contributed by atoms with Crippen LogP contribution in [0, 0.1) is 0 Å². The lowest BCUT2D eigenvalue weighted by Crippen LogP contribution is -2.42. The van der Waals surface area contributed by atoms with Crippen molar-refractivity contribution in [1.29, 1.82) is 0 Å². The van der Waals surface area contributed by atoms with Gasteiger partial charge in [-0.2, -0.15) is 0 Å². The second-order valence-corrected chi connectivity index (χ2v) is 4.39. The molecule has 2 saturated heterocycles. The van der Waals surface area contributed by atoms with Crippen molar-refractivity contribution < 1.29 is 9.59 Å². The Hall–Kier alpha value is -0.550. The lowest BCUT2D eigenvalue weighted by molar-refractivity contribution is -0.132. The van der Waals surface area contributed by atoms with Crippen LogP contribution in [0.2, 0.25) is 0 Å². The van der Waals surface area contributed by atoms with Gasteiger partial charge in [-0.3, -0.25) is 14.9 Å². The highest BCUT2D eigenvalue weighted by Gasteiger charge is 2.31. The highest BCUT2D eigenvalue weighted by molar-refractivity contribution is 7.99. The molecule has 13 heavy (non-hydrogen) atoms. The summed E-state index contributed by atoms with van der Waals surface area (Å²) >= 11 is 1.76. The first-order valence-corrected chi connectivity index (χ1v) is 5.54. The fraction of sp³-hybridized carbons (Fsp3) is 0.750. The van der Waals surface area contributed by atoms with Crippen LogP contribution in [0.5, 0.6) is 0 Å². The molecule has 0 radical (unpaired) electrons. The number of hydrogen-bond donors (Lipinski definition) is 1. The molecule has 72 valence electrons. The Balaban J connectivity index is 1.92. The second-order valence-electron chi connectivity index (χ2n) is 3.32.